The van der Waals surface area contributed by atoms with Gasteiger partial charge in [-0.1, -0.05) is 0 Å². The fourth-order valence-corrected chi connectivity index (χ4v) is 5.02. The molecule has 102 valence electrons. The molecule has 4 bridgehead atoms. The van der Waals surface area contributed by atoms with E-state index >= 15 is 0 Å². The van der Waals surface area contributed by atoms with Crippen molar-refractivity contribution in [1.29, 1.82) is 0 Å². The minimum absolute atomic E-state index is 0.00477. The van der Waals surface area contributed by atoms with Crippen molar-refractivity contribution >= 4 is 6.03 Å². The molecule has 4 fully saturated rings. The fraction of sp³-hybridized carbons (Fsp3) is 0.929. The molecular weight excluding hydrogens is 226 g/mol. The monoisotopic (exact) mass is 251 g/mol. The molecular formula is C14H25N3O. The van der Waals surface area contributed by atoms with Crippen molar-refractivity contribution in [3.05, 3.63) is 0 Å². The normalized spacial score (nSPS) is 45.3. The van der Waals surface area contributed by atoms with Gasteiger partial charge in [0.05, 0.1) is 0 Å². The maximum absolute atomic E-state index is 12.0. The lowest BCUT2D eigenvalue weighted by Gasteiger charge is -2.61. The predicted molar refractivity (Wildman–Crippen MR) is 71.1 cm³/mol. The molecule has 0 radical (unpaired) electrons. The first-order valence-corrected chi connectivity index (χ1v) is 7.26. The number of rotatable bonds is 2. The lowest BCUT2D eigenvalue weighted by molar-refractivity contribution is -0.0298. The molecule has 0 spiro atoms. The van der Waals surface area contributed by atoms with Crippen molar-refractivity contribution in [3.8, 4) is 0 Å². The molecule has 0 aromatic rings. The van der Waals surface area contributed by atoms with E-state index in [9.17, 15) is 4.79 Å². The van der Waals surface area contributed by atoms with Crippen LogP contribution >= 0.6 is 0 Å². The van der Waals surface area contributed by atoms with E-state index in [4.69, 9.17) is 5.73 Å². The van der Waals surface area contributed by atoms with Crippen LogP contribution in [0.5, 0.6) is 0 Å². The molecule has 0 aliphatic heterocycles. The topological polar surface area (TPSA) is 67.2 Å². The number of nitrogens with two attached hydrogens (primary N) is 1. The molecule has 0 aromatic heterocycles. The van der Waals surface area contributed by atoms with Crippen LogP contribution in [0.2, 0.25) is 0 Å². The fourth-order valence-electron chi connectivity index (χ4n) is 5.02. The van der Waals surface area contributed by atoms with Crippen LogP contribution in [0, 0.1) is 11.8 Å². The molecule has 4 saturated carbocycles. The molecule has 4 nitrogen and oxygen atoms in total. The number of hydrogen-bond donors (Lipinski definition) is 3. The first-order valence-electron chi connectivity index (χ1n) is 7.26. The average molecular weight is 251 g/mol. The summed E-state index contributed by atoms with van der Waals surface area (Å²) in [6.45, 7) is 3.98. The Bertz CT molecular complexity index is 352. The Kier molecular flexibility index (Phi) is 2.63. The molecule has 2 unspecified atom stereocenters. The van der Waals surface area contributed by atoms with E-state index in [1.807, 2.05) is 13.8 Å². The lowest BCUT2D eigenvalue weighted by Crippen LogP contribution is -2.69. The Morgan fingerprint density at radius 1 is 1.22 bits per heavy atom. The van der Waals surface area contributed by atoms with Gasteiger partial charge in [0.15, 0.2) is 0 Å². The van der Waals surface area contributed by atoms with E-state index in [-0.39, 0.29) is 23.2 Å². The highest BCUT2D eigenvalue weighted by Gasteiger charge is 2.56. The van der Waals surface area contributed by atoms with E-state index in [0.717, 1.165) is 31.1 Å². The molecule has 4 aliphatic carbocycles. The molecule has 4 aliphatic rings. The minimum atomic E-state index is -0.0180. The molecule has 2 amide bonds. The van der Waals surface area contributed by atoms with Gasteiger partial charge in [-0.3, -0.25) is 0 Å². The van der Waals surface area contributed by atoms with Crippen LogP contribution < -0.4 is 16.4 Å². The van der Waals surface area contributed by atoms with Crippen molar-refractivity contribution in [2.24, 2.45) is 17.6 Å². The average Bonchev–Trinajstić information content (AvgIpc) is 2.08. The van der Waals surface area contributed by atoms with Crippen molar-refractivity contribution in [2.75, 3.05) is 0 Å². The second-order valence-electron chi connectivity index (χ2n) is 7.36. The maximum Gasteiger partial charge on any atom is 0.315 e. The number of carbonyl (C=O) groups is 1. The highest BCUT2D eigenvalue weighted by molar-refractivity contribution is 5.75. The molecule has 4 heteroatoms. The van der Waals surface area contributed by atoms with Crippen LogP contribution in [0.4, 0.5) is 4.79 Å². The summed E-state index contributed by atoms with van der Waals surface area (Å²) in [5.74, 6) is 1.46. The van der Waals surface area contributed by atoms with Crippen LogP contribution in [-0.2, 0) is 0 Å². The quantitative estimate of drug-likeness (QED) is 0.700. The summed E-state index contributed by atoms with van der Waals surface area (Å²) in [5.41, 5.74) is 6.49. The van der Waals surface area contributed by atoms with Crippen molar-refractivity contribution in [1.82, 2.24) is 10.6 Å². The first-order chi connectivity index (χ1) is 8.38. The van der Waals surface area contributed by atoms with E-state index < -0.39 is 0 Å². The summed E-state index contributed by atoms with van der Waals surface area (Å²) in [6.07, 6.45) is 6.89. The highest BCUT2D eigenvalue weighted by atomic mass is 16.2. The van der Waals surface area contributed by atoms with Gasteiger partial charge in [0.2, 0.25) is 0 Å². The van der Waals surface area contributed by atoms with Gasteiger partial charge in [0.25, 0.3) is 0 Å². The van der Waals surface area contributed by atoms with Gasteiger partial charge in [-0.25, -0.2) is 4.79 Å². The Morgan fingerprint density at radius 2 is 1.83 bits per heavy atom. The summed E-state index contributed by atoms with van der Waals surface area (Å²) in [7, 11) is 0. The maximum atomic E-state index is 12.0. The third-order valence-corrected chi connectivity index (χ3v) is 4.90. The standard InChI is InChI=1S/C14H25N3O/c1-9(2)16-12(18)17-14-6-10-3-11(7-14)5-13(15,4-10)8-14/h9-11H,3-8,15H2,1-2H3,(H2,16,17,18). The van der Waals surface area contributed by atoms with Crippen LogP contribution in [0.15, 0.2) is 0 Å². The van der Waals surface area contributed by atoms with E-state index in [1.54, 1.807) is 0 Å². The predicted octanol–water partition coefficient (Wildman–Crippen LogP) is 1.74. The van der Waals surface area contributed by atoms with Crippen LogP contribution in [-0.4, -0.2) is 23.2 Å². The summed E-state index contributed by atoms with van der Waals surface area (Å²) in [6, 6.07) is 0.168. The Labute approximate surface area is 109 Å². The third-order valence-electron chi connectivity index (χ3n) is 4.90. The molecule has 0 aromatic carbocycles. The number of hydrogen-bond acceptors (Lipinski definition) is 2. The zero-order valence-electron chi connectivity index (χ0n) is 11.5. The number of nitrogens with one attached hydrogen (secondary N) is 2. The van der Waals surface area contributed by atoms with Gasteiger partial charge >= 0.3 is 6.03 Å². The number of amides is 2. The first kappa shape index (κ1) is 12.3. The molecule has 4 rings (SSSR count). The third kappa shape index (κ3) is 2.11. The molecule has 2 atom stereocenters. The zero-order chi connectivity index (χ0) is 13.0. The van der Waals surface area contributed by atoms with Gasteiger partial charge in [0, 0.05) is 17.1 Å². The molecule has 18 heavy (non-hydrogen) atoms. The summed E-state index contributed by atoms with van der Waals surface area (Å²) in [5, 5.41) is 6.19. The highest BCUT2D eigenvalue weighted by Crippen LogP contribution is 2.56. The van der Waals surface area contributed by atoms with Crippen molar-refractivity contribution < 1.29 is 4.79 Å². The Balaban J connectivity index is 1.73. The summed E-state index contributed by atoms with van der Waals surface area (Å²) < 4.78 is 0. The van der Waals surface area contributed by atoms with E-state index in [1.165, 1.54) is 19.3 Å². The van der Waals surface area contributed by atoms with Crippen molar-refractivity contribution in [2.45, 2.75) is 69.5 Å². The minimum Gasteiger partial charge on any atom is -0.336 e. The van der Waals surface area contributed by atoms with Crippen molar-refractivity contribution in [3.63, 3.8) is 0 Å². The molecule has 0 heterocycles. The van der Waals surface area contributed by atoms with Gasteiger partial charge in [0.1, 0.15) is 0 Å². The smallest absolute Gasteiger partial charge is 0.315 e. The van der Waals surface area contributed by atoms with Gasteiger partial charge in [-0.2, -0.15) is 0 Å². The van der Waals surface area contributed by atoms with Gasteiger partial charge in [-0.05, 0) is 64.2 Å². The lowest BCUT2D eigenvalue weighted by atomic mass is 9.50. The summed E-state index contributed by atoms with van der Waals surface area (Å²) >= 11 is 0. The largest absolute Gasteiger partial charge is 0.336 e. The van der Waals surface area contributed by atoms with Gasteiger partial charge < -0.3 is 16.4 Å². The molecule has 4 N–H and O–H groups in total. The number of carbonyl (C=O) groups excluding carboxylic acids is 1. The zero-order valence-corrected chi connectivity index (χ0v) is 11.5. The Hall–Kier alpha value is -0.770. The van der Waals surface area contributed by atoms with Gasteiger partial charge in [-0.15, -0.1) is 0 Å². The van der Waals surface area contributed by atoms with Crippen LogP contribution in [0.1, 0.15) is 52.4 Å². The second kappa shape index (κ2) is 3.86. The van der Waals surface area contributed by atoms with Crippen LogP contribution in [0.3, 0.4) is 0 Å². The van der Waals surface area contributed by atoms with E-state index in [2.05, 4.69) is 10.6 Å². The second-order valence-corrected chi connectivity index (χ2v) is 7.36. The molecule has 0 saturated heterocycles. The SMILES string of the molecule is CC(C)NC(=O)NC12CC3CC(CC(N)(C3)C1)C2. The Morgan fingerprint density at radius 3 is 2.33 bits per heavy atom. The van der Waals surface area contributed by atoms with E-state index in [0.29, 0.717) is 0 Å². The summed E-state index contributed by atoms with van der Waals surface area (Å²) in [4.78, 5) is 12.0. The van der Waals surface area contributed by atoms with Crippen LogP contribution in [0.25, 0.3) is 0 Å². The number of urea groups is 1.